The highest BCUT2D eigenvalue weighted by Gasteiger charge is 2.40. The molecule has 1 aliphatic heterocycles. The number of rotatable bonds is 7. The van der Waals surface area contributed by atoms with Crippen molar-refractivity contribution in [1.29, 1.82) is 0 Å². The lowest BCUT2D eigenvalue weighted by molar-refractivity contribution is -0.134. The SMILES string of the molecule is CNC(=O)[C@]1(CCCc2cccnc2)CCCN(CCO)C1. The van der Waals surface area contributed by atoms with Gasteiger partial charge in [-0.15, -0.1) is 0 Å². The molecule has 0 unspecified atom stereocenters. The van der Waals surface area contributed by atoms with Crippen LogP contribution in [0.4, 0.5) is 0 Å². The predicted octanol–water partition coefficient (Wildman–Crippen LogP) is 1.22. The first-order chi connectivity index (χ1) is 10.7. The van der Waals surface area contributed by atoms with Crippen molar-refractivity contribution >= 4 is 5.91 Å². The van der Waals surface area contributed by atoms with Gasteiger partial charge in [0.25, 0.3) is 0 Å². The van der Waals surface area contributed by atoms with E-state index in [0.717, 1.165) is 45.2 Å². The van der Waals surface area contributed by atoms with E-state index in [1.54, 1.807) is 13.2 Å². The van der Waals surface area contributed by atoms with Crippen molar-refractivity contribution in [2.24, 2.45) is 5.41 Å². The van der Waals surface area contributed by atoms with Crippen molar-refractivity contribution in [3.8, 4) is 0 Å². The molecule has 122 valence electrons. The Hall–Kier alpha value is -1.46. The Balaban J connectivity index is 1.98. The maximum absolute atomic E-state index is 12.5. The van der Waals surface area contributed by atoms with Crippen LogP contribution in [0.1, 0.15) is 31.2 Å². The van der Waals surface area contributed by atoms with Gasteiger partial charge in [0, 0.05) is 32.5 Å². The average Bonchev–Trinajstić information content (AvgIpc) is 2.56. The third-order valence-corrected chi connectivity index (χ3v) is 4.62. The number of hydrogen-bond acceptors (Lipinski definition) is 4. The number of β-amino-alcohol motifs (C(OH)–C–C–N with tert-alkyl or cyclic N) is 1. The van der Waals surface area contributed by atoms with Crippen LogP contribution in [0, 0.1) is 5.41 Å². The van der Waals surface area contributed by atoms with Gasteiger partial charge in [-0.25, -0.2) is 0 Å². The molecule has 0 saturated carbocycles. The van der Waals surface area contributed by atoms with E-state index in [1.807, 2.05) is 12.3 Å². The number of pyridine rings is 1. The fraction of sp³-hybridized carbons (Fsp3) is 0.647. The number of nitrogens with one attached hydrogen (secondary N) is 1. The number of nitrogens with zero attached hydrogens (tertiary/aromatic N) is 2. The van der Waals surface area contributed by atoms with Crippen LogP contribution in [0.2, 0.25) is 0 Å². The molecule has 1 fully saturated rings. The first kappa shape index (κ1) is 16.9. The zero-order valence-corrected chi connectivity index (χ0v) is 13.4. The molecule has 1 aromatic rings. The van der Waals surface area contributed by atoms with Gasteiger partial charge >= 0.3 is 0 Å². The molecule has 0 bridgehead atoms. The van der Waals surface area contributed by atoms with Crippen LogP contribution in [0.3, 0.4) is 0 Å². The molecule has 22 heavy (non-hydrogen) atoms. The molecule has 1 amide bonds. The molecule has 2 N–H and O–H groups in total. The predicted molar refractivity (Wildman–Crippen MR) is 86.4 cm³/mol. The fourth-order valence-electron chi connectivity index (χ4n) is 3.50. The second kappa shape index (κ2) is 8.25. The molecular formula is C17H27N3O2. The average molecular weight is 305 g/mol. The monoisotopic (exact) mass is 305 g/mol. The molecule has 0 aromatic carbocycles. The minimum absolute atomic E-state index is 0.140. The van der Waals surface area contributed by atoms with Gasteiger partial charge in [0.1, 0.15) is 0 Å². The van der Waals surface area contributed by atoms with Crippen LogP contribution in [0.15, 0.2) is 24.5 Å². The molecule has 0 spiro atoms. The molecule has 1 aromatic heterocycles. The van der Waals surface area contributed by atoms with E-state index in [9.17, 15) is 4.79 Å². The number of carbonyl (C=O) groups excluding carboxylic acids is 1. The van der Waals surface area contributed by atoms with Crippen molar-refractivity contribution in [2.75, 3.05) is 33.3 Å². The van der Waals surface area contributed by atoms with Gasteiger partial charge in [-0.2, -0.15) is 0 Å². The Morgan fingerprint density at radius 2 is 2.41 bits per heavy atom. The number of carbonyl (C=O) groups is 1. The Morgan fingerprint density at radius 1 is 1.55 bits per heavy atom. The number of likely N-dealkylation sites (tertiary alicyclic amines) is 1. The van der Waals surface area contributed by atoms with Crippen LogP contribution in [-0.4, -0.2) is 54.2 Å². The Morgan fingerprint density at radius 3 is 3.09 bits per heavy atom. The number of hydrogen-bond donors (Lipinski definition) is 2. The van der Waals surface area contributed by atoms with Gasteiger partial charge in [0.05, 0.1) is 12.0 Å². The van der Waals surface area contributed by atoms with Gasteiger partial charge in [-0.3, -0.25) is 14.7 Å². The van der Waals surface area contributed by atoms with E-state index in [4.69, 9.17) is 5.11 Å². The summed E-state index contributed by atoms with van der Waals surface area (Å²) in [5, 5.41) is 12.0. The van der Waals surface area contributed by atoms with Gasteiger partial charge in [-0.05, 0) is 50.3 Å². The highest BCUT2D eigenvalue weighted by Crippen LogP contribution is 2.35. The lowest BCUT2D eigenvalue weighted by Crippen LogP contribution is -2.51. The second-order valence-corrected chi connectivity index (χ2v) is 6.18. The van der Waals surface area contributed by atoms with Crippen LogP contribution in [-0.2, 0) is 11.2 Å². The van der Waals surface area contributed by atoms with E-state index < -0.39 is 0 Å². The van der Waals surface area contributed by atoms with Crippen LogP contribution >= 0.6 is 0 Å². The van der Waals surface area contributed by atoms with Crippen molar-refractivity contribution in [3.05, 3.63) is 30.1 Å². The normalized spacial score (nSPS) is 22.5. The lowest BCUT2D eigenvalue weighted by atomic mass is 9.74. The molecule has 5 nitrogen and oxygen atoms in total. The molecule has 1 saturated heterocycles. The Kier molecular flexibility index (Phi) is 6.34. The van der Waals surface area contributed by atoms with Crippen molar-refractivity contribution in [1.82, 2.24) is 15.2 Å². The standard InChI is InChI=1S/C17H27N3O2/c1-18-16(22)17(8-4-10-20(14-17)11-12-21)7-2-5-15-6-3-9-19-13-15/h3,6,9,13,21H,2,4-5,7-8,10-12,14H2,1H3,(H,18,22)/t17-/m1/s1. The zero-order valence-electron chi connectivity index (χ0n) is 13.4. The number of aromatic nitrogens is 1. The van der Waals surface area contributed by atoms with Gasteiger partial charge in [-0.1, -0.05) is 6.07 Å². The third kappa shape index (κ3) is 4.27. The van der Waals surface area contributed by atoms with E-state index >= 15 is 0 Å². The number of aliphatic hydroxyl groups is 1. The third-order valence-electron chi connectivity index (χ3n) is 4.62. The number of aliphatic hydroxyl groups excluding tert-OH is 1. The zero-order chi connectivity index (χ0) is 15.8. The van der Waals surface area contributed by atoms with Crippen molar-refractivity contribution < 1.29 is 9.90 Å². The summed E-state index contributed by atoms with van der Waals surface area (Å²) in [6, 6.07) is 4.03. The molecule has 2 heterocycles. The van der Waals surface area contributed by atoms with Crippen LogP contribution in [0.25, 0.3) is 0 Å². The summed E-state index contributed by atoms with van der Waals surface area (Å²) in [4.78, 5) is 18.8. The summed E-state index contributed by atoms with van der Waals surface area (Å²) in [5.41, 5.74) is 0.905. The largest absolute Gasteiger partial charge is 0.395 e. The fourth-order valence-corrected chi connectivity index (χ4v) is 3.50. The quantitative estimate of drug-likeness (QED) is 0.795. The second-order valence-electron chi connectivity index (χ2n) is 6.18. The summed E-state index contributed by atoms with van der Waals surface area (Å²) in [6.45, 7) is 2.53. The first-order valence-corrected chi connectivity index (χ1v) is 8.14. The van der Waals surface area contributed by atoms with Gasteiger partial charge < -0.3 is 10.4 Å². The molecule has 0 radical (unpaired) electrons. The minimum Gasteiger partial charge on any atom is -0.395 e. The molecule has 0 aliphatic carbocycles. The van der Waals surface area contributed by atoms with Gasteiger partial charge in [0.15, 0.2) is 0 Å². The van der Waals surface area contributed by atoms with E-state index in [2.05, 4.69) is 21.3 Å². The number of amides is 1. The maximum Gasteiger partial charge on any atom is 0.227 e. The van der Waals surface area contributed by atoms with E-state index in [0.29, 0.717) is 6.54 Å². The molecular weight excluding hydrogens is 278 g/mol. The number of piperidine rings is 1. The van der Waals surface area contributed by atoms with Crippen molar-refractivity contribution in [2.45, 2.75) is 32.1 Å². The summed E-state index contributed by atoms with van der Waals surface area (Å²) in [7, 11) is 1.72. The van der Waals surface area contributed by atoms with E-state index in [-0.39, 0.29) is 17.9 Å². The summed E-state index contributed by atoms with van der Waals surface area (Å²) in [5.74, 6) is 0.140. The summed E-state index contributed by atoms with van der Waals surface area (Å²) >= 11 is 0. The minimum atomic E-state index is -0.315. The molecule has 5 heteroatoms. The van der Waals surface area contributed by atoms with E-state index in [1.165, 1.54) is 5.56 Å². The number of aryl methyl sites for hydroxylation is 1. The Bertz CT molecular complexity index is 464. The summed E-state index contributed by atoms with van der Waals surface area (Å²) < 4.78 is 0. The summed E-state index contributed by atoms with van der Waals surface area (Å²) in [6.07, 6.45) is 8.43. The highest BCUT2D eigenvalue weighted by molar-refractivity contribution is 5.82. The molecule has 1 atom stereocenters. The molecule has 1 aliphatic rings. The van der Waals surface area contributed by atoms with Crippen LogP contribution in [0.5, 0.6) is 0 Å². The Labute approximate surface area is 132 Å². The van der Waals surface area contributed by atoms with Gasteiger partial charge in [0.2, 0.25) is 5.91 Å². The smallest absolute Gasteiger partial charge is 0.227 e. The maximum atomic E-state index is 12.5. The highest BCUT2D eigenvalue weighted by atomic mass is 16.3. The first-order valence-electron chi connectivity index (χ1n) is 8.14. The lowest BCUT2D eigenvalue weighted by Gasteiger charge is -2.41. The van der Waals surface area contributed by atoms with Crippen LogP contribution < -0.4 is 5.32 Å². The van der Waals surface area contributed by atoms with Crippen molar-refractivity contribution in [3.63, 3.8) is 0 Å². The topological polar surface area (TPSA) is 65.5 Å². The molecule has 2 rings (SSSR count).